The van der Waals surface area contributed by atoms with Crippen molar-refractivity contribution in [1.82, 2.24) is 10.2 Å². The molecule has 1 aliphatic heterocycles. The summed E-state index contributed by atoms with van der Waals surface area (Å²) in [4.78, 5) is 12.0. The van der Waals surface area contributed by atoms with Gasteiger partial charge in [-0.1, -0.05) is 0 Å². The summed E-state index contributed by atoms with van der Waals surface area (Å²) in [5, 5.41) is 9.35. The van der Waals surface area contributed by atoms with E-state index in [1.54, 1.807) is 12.3 Å². The molecule has 1 aliphatic carbocycles. The van der Waals surface area contributed by atoms with Crippen LogP contribution in [0.5, 0.6) is 0 Å². The fourth-order valence-corrected chi connectivity index (χ4v) is 2.67. The molecule has 98 valence electrons. The summed E-state index contributed by atoms with van der Waals surface area (Å²) in [7, 11) is 0. The molecule has 1 aromatic heterocycles. The maximum atomic E-state index is 12.0. The van der Waals surface area contributed by atoms with Crippen molar-refractivity contribution in [2.24, 2.45) is 5.92 Å². The number of anilines is 1. The molecule has 2 aliphatic rings. The Balaban J connectivity index is 1.54. The van der Waals surface area contributed by atoms with Crippen molar-refractivity contribution < 1.29 is 14.3 Å². The Morgan fingerprint density at radius 3 is 2.72 bits per heavy atom. The normalized spacial score (nSPS) is 23.3. The predicted molar refractivity (Wildman–Crippen MR) is 63.8 cm³/mol. The summed E-state index contributed by atoms with van der Waals surface area (Å²) in [5.74, 6) is 0.331. The van der Waals surface area contributed by atoms with Gasteiger partial charge in [-0.3, -0.25) is 9.89 Å². The number of amides is 1. The highest BCUT2D eigenvalue weighted by Gasteiger charge is 2.41. The molecule has 3 rings (SSSR count). The molecule has 2 heterocycles. The Kier molecular flexibility index (Phi) is 3.05. The first-order chi connectivity index (χ1) is 8.77. The molecule has 6 nitrogen and oxygen atoms in total. The van der Waals surface area contributed by atoms with E-state index in [-0.39, 0.29) is 11.8 Å². The minimum Gasteiger partial charge on any atom is -0.348 e. The number of H-pyrrole nitrogens is 1. The Bertz CT molecular complexity index is 402. The van der Waals surface area contributed by atoms with Gasteiger partial charge in [0, 0.05) is 24.8 Å². The lowest BCUT2D eigenvalue weighted by molar-refractivity contribution is -0.182. The standard InChI is InChI=1S/C12H17N3O3/c16-11(14-10-3-6-13-15-10)9-1-4-12(5-2-9)17-7-8-18-12/h3,6,9H,1-2,4-5,7-8H2,(H2,13,14,15,16). The van der Waals surface area contributed by atoms with Crippen molar-refractivity contribution in [3.05, 3.63) is 12.3 Å². The van der Waals surface area contributed by atoms with Crippen LogP contribution in [0.15, 0.2) is 12.3 Å². The van der Waals surface area contributed by atoms with Crippen LogP contribution < -0.4 is 5.32 Å². The second-order valence-electron chi connectivity index (χ2n) is 4.84. The van der Waals surface area contributed by atoms with Gasteiger partial charge in [-0.05, 0) is 12.8 Å². The van der Waals surface area contributed by atoms with Gasteiger partial charge < -0.3 is 14.8 Å². The van der Waals surface area contributed by atoms with E-state index in [4.69, 9.17) is 9.47 Å². The van der Waals surface area contributed by atoms with Gasteiger partial charge in [0.15, 0.2) is 5.79 Å². The Labute approximate surface area is 105 Å². The smallest absolute Gasteiger partial charge is 0.228 e. The van der Waals surface area contributed by atoms with Crippen LogP contribution >= 0.6 is 0 Å². The average Bonchev–Trinajstić information content (AvgIpc) is 3.03. The van der Waals surface area contributed by atoms with Gasteiger partial charge in [0.2, 0.25) is 5.91 Å². The molecule has 0 radical (unpaired) electrons. The van der Waals surface area contributed by atoms with Crippen LogP contribution in [0.4, 0.5) is 5.82 Å². The summed E-state index contributed by atoms with van der Waals surface area (Å²) < 4.78 is 11.3. The lowest BCUT2D eigenvalue weighted by Crippen LogP contribution is -2.38. The number of aromatic amines is 1. The second kappa shape index (κ2) is 4.70. The summed E-state index contributed by atoms with van der Waals surface area (Å²) in [6.45, 7) is 1.34. The van der Waals surface area contributed by atoms with E-state index in [0.717, 1.165) is 25.7 Å². The van der Waals surface area contributed by atoms with Crippen molar-refractivity contribution in [3.8, 4) is 0 Å². The van der Waals surface area contributed by atoms with E-state index in [9.17, 15) is 4.79 Å². The molecule has 1 saturated carbocycles. The summed E-state index contributed by atoms with van der Waals surface area (Å²) >= 11 is 0. The topological polar surface area (TPSA) is 76.2 Å². The highest BCUT2D eigenvalue weighted by molar-refractivity contribution is 5.91. The number of ether oxygens (including phenoxy) is 2. The lowest BCUT2D eigenvalue weighted by Gasteiger charge is -2.34. The summed E-state index contributed by atoms with van der Waals surface area (Å²) in [6, 6.07) is 1.74. The highest BCUT2D eigenvalue weighted by atomic mass is 16.7. The first kappa shape index (κ1) is 11.7. The third-order valence-corrected chi connectivity index (χ3v) is 3.69. The van der Waals surface area contributed by atoms with E-state index >= 15 is 0 Å². The Morgan fingerprint density at radius 1 is 1.39 bits per heavy atom. The number of aromatic nitrogens is 2. The van der Waals surface area contributed by atoms with Gasteiger partial charge in [-0.2, -0.15) is 5.10 Å². The Hall–Kier alpha value is -1.40. The monoisotopic (exact) mass is 251 g/mol. The van der Waals surface area contributed by atoms with E-state index < -0.39 is 5.79 Å². The highest BCUT2D eigenvalue weighted by Crippen LogP contribution is 2.38. The van der Waals surface area contributed by atoms with Crippen molar-refractivity contribution in [3.63, 3.8) is 0 Å². The third kappa shape index (κ3) is 2.26. The molecule has 1 saturated heterocycles. The average molecular weight is 251 g/mol. The maximum Gasteiger partial charge on any atom is 0.228 e. The third-order valence-electron chi connectivity index (χ3n) is 3.69. The number of nitrogens with one attached hydrogen (secondary N) is 2. The van der Waals surface area contributed by atoms with Crippen LogP contribution in [0.1, 0.15) is 25.7 Å². The van der Waals surface area contributed by atoms with Gasteiger partial charge in [-0.15, -0.1) is 0 Å². The SMILES string of the molecule is O=C(Nc1ccn[nH]1)C1CCC2(CC1)OCCO2. The molecule has 1 spiro atoms. The van der Waals surface area contributed by atoms with Crippen LogP contribution in [-0.2, 0) is 14.3 Å². The fourth-order valence-electron chi connectivity index (χ4n) is 2.67. The number of carbonyl (C=O) groups is 1. The molecule has 0 bridgehead atoms. The van der Waals surface area contributed by atoms with Gasteiger partial charge in [0.05, 0.1) is 19.4 Å². The number of rotatable bonds is 2. The maximum absolute atomic E-state index is 12.0. The second-order valence-corrected chi connectivity index (χ2v) is 4.84. The zero-order valence-electron chi connectivity index (χ0n) is 10.1. The van der Waals surface area contributed by atoms with E-state index in [1.807, 2.05) is 0 Å². The summed E-state index contributed by atoms with van der Waals surface area (Å²) in [5.41, 5.74) is 0. The quantitative estimate of drug-likeness (QED) is 0.830. The van der Waals surface area contributed by atoms with Gasteiger partial charge in [0.25, 0.3) is 0 Å². The van der Waals surface area contributed by atoms with Crippen molar-refractivity contribution in [2.45, 2.75) is 31.5 Å². The van der Waals surface area contributed by atoms with E-state index in [0.29, 0.717) is 19.0 Å². The van der Waals surface area contributed by atoms with E-state index in [1.165, 1.54) is 0 Å². The number of hydrogen-bond acceptors (Lipinski definition) is 4. The van der Waals surface area contributed by atoms with E-state index in [2.05, 4.69) is 15.5 Å². The summed E-state index contributed by atoms with van der Waals surface area (Å²) in [6.07, 6.45) is 4.83. The van der Waals surface area contributed by atoms with Crippen molar-refractivity contribution in [1.29, 1.82) is 0 Å². The molecular formula is C12H17N3O3. The van der Waals surface area contributed by atoms with Crippen molar-refractivity contribution in [2.75, 3.05) is 18.5 Å². The predicted octanol–water partition coefficient (Wildman–Crippen LogP) is 1.28. The molecule has 2 fully saturated rings. The first-order valence-electron chi connectivity index (χ1n) is 6.36. The molecule has 2 N–H and O–H groups in total. The Morgan fingerprint density at radius 2 is 2.11 bits per heavy atom. The molecule has 0 aromatic carbocycles. The lowest BCUT2D eigenvalue weighted by atomic mass is 9.84. The minimum atomic E-state index is -0.398. The van der Waals surface area contributed by atoms with Crippen LogP contribution in [-0.4, -0.2) is 35.1 Å². The molecule has 0 unspecified atom stereocenters. The molecule has 1 aromatic rings. The first-order valence-corrected chi connectivity index (χ1v) is 6.36. The van der Waals surface area contributed by atoms with Gasteiger partial charge in [-0.25, -0.2) is 0 Å². The van der Waals surface area contributed by atoms with Gasteiger partial charge in [0.1, 0.15) is 5.82 Å². The molecule has 0 atom stereocenters. The number of nitrogens with zero attached hydrogens (tertiary/aromatic N) is 1. The largest absolute Gasteiger partial charge is 0.348 e. The van der Waals surface area contributed by atoms with Crippen LogP contribution in [0.2, 0.25) is 0 Å². The molecule has 18 heavy (non-hydrogen) atoms. The van der Waals surface area contributed by atoms with Crippen LogP contribution in [0.25, 0.3) is 0 Å². The number of carbonyl (C=O) groups excluding carboxylic acids is 1. The van der Waals surface area contributed by atoms with Crippen molar-refractivity contribution >= 4 is 11.7 Å². The molecule has 1 amide bonds. The molecule has 6 heteroatoms. The zero-order chi connectivity index (χ0) is 12.4. The number of hydrogen-bond donors (Lipinski definition) is 2. The minimum absolute atomic E-state index is 0.0340. The zero-order valence-corrected chi connectivity index (χ0v) is 10.1. The van der Waals surface area contributed by atoms with Crippen LogP contribution in [0.3, 0.4) is 0 Å². The fraction of sp³-hybridized carbons (Fsp3) is 0.667. The molecular weight excluding hydrogens is 234 g/mol. The van der Waals surface area contributed by atoms with Gasteiger partial charge >= 0.3 is 0 Å². The van der Waals surface area contributed by atoms with Crippen LogP contribution in [0, 0.1) is 5.92 Å².